The van der Waals surface area contributed by atoms with Crippen LogP contribution in [0.4, 0.5) is 0 Å². The van der Waals surface area contributed by atoms with Crippen molar-refractivity contribution in [3.8, 4) is 0 Å². The van der Waals surface area contributed by atoms with Crippen LogP contribution < -0.4 is 0 Å². The minimum Gasteiger partial charge on any atom is -0.469 e. The van der Waals surface area contributed by atoms with Crippen LogP contribution in [0.1, 0.15) is 30.2 Å². The van der Waals surface area contributed by atoms with Gasteiger partial charge in [0, 0.05) is 10.5 Å². The lowest BCUT2D eigenvalue weighted by Crippen LogP contribution is -1.99. The van der Waals surface area contributed by atoms with Gasteiger partial charge >= 0.3 is 5.97 Å². The number of carbonyl (C=O) groups is 1. The Hall–Kier alpha value is -0.790. The lowest BCUT2D eigenvalue weighted by Gasteiger charge is -1.97. The molecule has 0 saturated carbocycles. The molecule has 58 valence electrons. The van der Waals surface area contributed by atoms with Crippen LogP contribution in [0.3, 0.4) is 0 Å². The van der Waals surface area contributed by atoms with E-state index < -0.39 is 6.85 Å². The van der Waals surface area contributed by atoms with Gasteiger partial charge in [-0.25, -0.2) is 0 Å². The Morgan fingerprint density at radius 3 is 2.90 bits per heavy atom. The molecule has 0 N–H and O–H groups in total. The number of rotatable bonds is 4. The fourth-order valence-electron chi connectivity index (χ4n) is 0.548. The quantitative estimate of drug-likeness (QED) is 0.446. The molecule has 0 spiro atoms. The molecule has 0 unspecified atom stereocenters. The molecule has 0 radical (unpaired) electrons. The topological polar surface area (TPSA) is 26.3 Å². The second kappa shape index (κ2) is 5.03. The van der Waals surface area contributed by atoms with Crippen LogP contribution in [0.15, 0.2) is 12.2 Å². The molecular formula is C8H14O2. The van der Waals surface area contributed by atoms with Crippen LogP contribution in [0.2, 0.25) is 0 Å². The van der Waals surface area contributed by atoms with Crippen LogP contribution in [0.5, 0.6) is 0 Å². The number of allylic oxidation sites excluding steroid dienone is 1. The van der Waals surface area contributed by atoms with Gasteiger partial charge in [-0.3, -0.25) is 4.79 Å². The molecule has 0 aliphatic carbocycles. The number of esters is 1. The third kappa shape index (κ3) is 5.35. The van der Waals surface area contributed by atoms with Crippen molar-refractivity contribution in [2.75, 3.05) is 7.11 Å². The maximum atomic E-state index is 10.7. The van der Waals surface area contributed by atoms with Gasteiger partial charge in [-0.05, 0) is 19.7 Å². The number of hydrogen-bond donors (Lipinski definition) is 0. The van der Waals surface area contributed by atoms with Gasteiger partial charge in [0.25, 0.3) is 0 Å². The molecule has 0 aromatic rings. The predicted octanol–water partition coefficient (Wildman–Crippen LogP) is 1.91. The molecule has 2 nitrogen and oxygen atoms in total. The summed E-state index contributed by atoms with van der Waals surface area (Å²) in [5, 5.41) is 0. The fourth-order valence-corrected chi connectivity index (χ4v) is 0.548. The Bertz CT molecular complexity index is 196. The third-order valence-corrected chi connectivity index (χ3v) is 1.09. The Balaban J connectivity index is 3.67. The molecule has 0 bridgehead atoms. The standard InChI is InChI=1S/C8H14O2/c1-7(2)5-4-6-8(9)10-3/h1,4-6H2,2-3H3/i2D3. The van der Waals surface area contributed by atoms with E-state index in [2.05, 4.69) is 11.3 Å². The maximum Gasteiger partial charge on any atom is 0.305 e. The number of hydrogen-bond acceptors (Lipinski definition) is 2. The van der Waals surface area contributed by atoms with Gasteiger partial charge < -0.3 is 4.74 Å². The molecule has 0 amide bonds. The summed E-state index contributed by atoms with van der Waals surface area (Å²) >= 11 is 0. The molecule has 0 aliphatic heterocycles. The number of methoxy groups -OCH3 is 1. The van der Waals surface area contributed by atoms with Crippen LogP contribution >= 0.6 is 0 Å². The van der Waals surface area contributed by atoms with Gasteiger partial charge in [0.05, 0.1) is 7.11 Å². The summed E-state index contributed by atoms with van der Waals surface area (Å²) in [5.74, 6) is -0.321. The Kier molecular flexibility index (Phi) is 2.49. The highest BCUT2D eigenvalue weighted by Gasteiger charge is 1.97. The summed E-state index contributed by atoms with van der Waals surface area (Å²) in [4.78, 5) is 10.7. The highest BCUT2D eigenvalue weighted by Crippen LogP contribution is 2.03. The molecular weight excluding hydrogens is 128 g/mol. The summed E-state index contributed by atoms with van der Waals surface area (Å²) in [5.41, 5.74) is 0.191. The minimum absolute atomic E-state index is 0.191. The zero-order valence-electron chi connectivity index (χ0n) is 9.14. The van der Waals surface area contributed by atoms with Gasteiger partial charge in [0.2, 0.25) is 0 Å². The largest absolute Gasteiger partial charge is 0.469 e. The second-order valence-corrected chi connectivity index (χ2v) is 2.03. The van der Waals surface area contributed by atoms with E-state index in [4.69, 9.17) is 4.11 Å². The van der Waals surface area contributed by atoms with Crippen LogP contribution in [0, 0.1) is 0 Å². The summed E-state index contributed by atoms with van der Waals surface area (Å²) in [7, 11) is 1.31. The minimum atomic E-state index is -2.10. The van der Waals surface area contributed by atoms with E-state index >= 15 is 0 Å². The van der Waals surface area contributed by atoms with Crippen molar-refractivity contribution in [1.82, 2.24) is 0 Å². The van der Waals surface area contributed by atoms with Crippen LogP contribution in [0.25, 0.3) is 0 Å². The number of carbonyl (C=O) groups excluding carboxylic acids is 1. The zero-order valence-corrected chi connectivity index (χ0v) is 6.14. The molecule has 2 heteroatoms. The van der Waals surface area contributed by atoms with E-state index in [-0.39, 0.29) is 18.0 Å². The highest BCUT2D eigenvalue weighted by molar-refractivity contribution is 5.69. The zero-order chi connectivity index (χ0) is 10.5. The Morgan fingerprint density at radius 2 is 2.40 bits per heavy atom. The van der Waals surface area contributed by atoms with Gasteiger partial charge in [0.1, 0.15) is 0 Å². The smallest absolute Gasteiger partial charge is 0.305 e. The molecule has 0 atom stereocenters. The maximum absolute atomic E-state index is 10.7. The van der Waals surface area contributed by atoms with Gasteiger partial charge in [0.15, 0.2) is 0 Å². The van der Waals surface area contributed by atoms with Crippen molar-refractivity contribution in [3.05, 3.63) is 12.2 Å². The van der Waals surface area contributed by atoms with E-state index in [1.807, 2.05) is 0 Å². The van der Waals surface area contributed by atoms with E-state index in [9.17, 15) is 4.79 Å². The van der Waals surface area contributed by atoms with Crippen LogP contribution in [-0.2, 0) is 9.53 Å². The summed E-state index contributed by atoms with van der Waals surface area (Å²) in [6.45, 7) is 1.33. The van der Waals surface area contributed by atoms with Crippen LogP contribution in [-0.4, -0.2) is 13.1 Å². The fraction of sp³-hybridized carbons (Fsp3) is 0.625. The van der Waals surface area contributed by atoms with E-state index in [1.54, 1.807) is 0 Å². The Morgan fingerprint density at radius 1 is 1.70 bits per heavy atom. The first-order valence-electron chi connectivity index (χ1n) is 4.63. The SMILES string of the molecule is [2H]C([2H])([2H])C(=C)CCCC(=O)OC. The molecule has 0 rings (SSSR count). The lowest BCUT2D eigenvalue weighted by molar-refractivity contribution is -0.140. The first kappa shape index (κ1) is 4.94. The van der Waals surface area contributed by atoms with E-state index in [0.29, 0.717) is 12.8 Å². The van der Waals surface area contributed by atoms with E-state index in [1.165, 1.54) is 7.11 Å². The van der Waals surface area contributed by atoms with Crippen molar-refractivity contribution in [2.24, 2.45) is 0 Å². The molecule has 0 aliphatic rings. The Labute approximate surface area is 66.1 Å². The third-order valence-electron chi connectivity index (χ3n) is 1.09. The second-order valence-electron chi connectivity index (χ2n) is 2.03. The number of ether oxygens (including phenoxy) is 1. The first-order valence-corrected chi connectivity index (χ1v) is 3.13. The lowest BCUT2D eigenvalue weighted by atomic mass is 10.1. The first-order chi connectivity index (χ1) is 5.88. The van der Waals surface area contributed by atoms with E-state index in [0.717, 1.165) is 0 Å². The van der Waals surface area contributed by atoms with Crippen molar-refractivity contribution in [1.29, 1.82) is 0 Å². The normalized spacial score (nSPS) is 14.7. The van der Waals surface area contributed by atoms with Crippen molar-refractivity contribution >= 4 is 5.97 Å². The summed E-state index contributed by atoms with van der Waals surface area (Å²) < 4.78 is 25.4. The van der Waals surface area contributed by atoms with Crippen molar-refractivity contribution < 1.29 is 13.6 Å². The highest BCUT2D eigenvalue weighted by atomic mass is 16.5. The summed E-state index contributed by atoms with van der Waals surface area (Å²) in [6.07, 6.45) is 1.06. The molecule has 10 heavy (non-hydrogen) atoms. The average Bonchev–Trinajstić information content (AvgIpc) is 2.02. The van der Waals surface area contributed by atoms with Gasteiger partial charge in [-0.15, -0.1) is 6.58 Å². The monoisotopic (exact) mass is 145 g/mol. The molecule has 0 heterocycles. The molecule has 0 fully saturated rings. The average molecular weight is 145 g/mol. The predicted molar refractivity (Wildman–Crippen MR) is 40.7 cm³/mol. The van der Waals surface area contributed by atoms with Crippen molar-refractivity contribution in [3.63, 3.8) is 0 Å². The molecule has 0 saturated heterocycles. The summed E-state index contributed by atoms with van der Waals surface area (Å²) in [6, 6.07) is 0. The van der Waals surface area contributed by atoms with Gasteiger partial charge in [-0.1, -0.05) is 5.57 Å². The van der Waals surface area contributed by atoms with Crippen molar-refractivity contribution in [2.45, 2.75) is 26.1 Å². The molecule has 0 aromatic heterocycles. The van der Waals surface area contributed by atoms with Gasteiger partial charge in [-0.2, -0.15) is 0 Å². The molecule has 0 aromatic carbocycles.